The molecule has 0 aliphatic carbocycles. The number of methoxy groups -OCH3 is 1. The fourth-order valence-corrected chi connectivity index (χ4v) is 3.48. The van der Waals surface area contributed by atoms with Crippen molar-refractivity contribution in [3.05, 3.63) is 71.5 Å². The number of aryl methyl sites for hydroxylation is 2. The zero-order valence-corrected chi connectivity index (χ0v) is 16.6. The molecule has 0 spiro atoms. The predicted octanol–water partition coefficient (Wildman–Crippen LogP) is 3.65. The van der Waals surface area contributed by atoms with Crippen LogP contribution in [0.5, 0.6) is 5.75 Å². The van der Waals surface area contributed by atoms with Crippen molar-refractivity contribution in [3.63, 3.8) is 0 Å². The molecule has 144 valence electrons. The summed E-state index contributed by atoms with van der Waals surface area (Å²) in [5.41, 5.74) is 2.88. The number of rotatable bonds is 6. The normalized spacial score (nSPS) is 11.5. The van der Waals surface area contributed by atoms with E-state index in [0.29, 0.717) is 17.1 Å². The van der Waals surface area contributed by atoms with Gasteiger partial charge in [-0.2, -0.15) is 0 Å². The quantitative estimate of drug-likeness (QED) is 0.642. The highest BCUT2D eigenvalue weighted by Crippen LogP contribution is 2.19. The van der Waals surface area contributed by atoms with Crippen molar-refractivity contribution in [2.24, 2.45) is 4.99 Å². The van der Waals surface area contributed by atoms with Crippen LogP contribution in [0.2, 0.25) is 0 Å². The Kier molecular flexibility index (Phi) is 5.70. The molecule has 0 saturated carbocycles. The molecule has 0 fully saturated rings. The smallest absolute Gasteiger partial charge is 0.264 e. The summed E-state index contributed by atoms with van der Waals surface area (Å²) in [4.78, 5) is 12.7. The lowest BCUT2D eigenvalue weighted by atomic mass is 10.2. The number of hydrogen-bond acceptors (Lipinski definition) is 6. The van der Waals surface area contributed by atoms with E-state index in [1.54, 1.807) is 45.4 Å². The largest absolute Gasteiger partial charge is 0.497 e. The minimum absolute atomic E-state index is 0.0534. The highest BCUT2D eigenvalue weighted by Gasteiger charge is 2.16. The molecule has 1 N–H and O–H groups in total. The summed E-state index contributed by atoms with van der Waals surface area (Å²) in [6.45, 7) is 3.56. The van der Waals surface area contributed by atoms with Gasteiger partial charge < -0.3 is 4.74 Å². The number of nitrogens with one attached hydrogen (secondary N) is 1. The molecule has 0 aliphatic heterocycles. The summed E-state index contributed by atoms with van der Waals surface area (Å²) >= 11 is 0. The average Bonchev–Trinajstić information content (AvgIpc) is 2.65. The molecule has 7 nitrogen and oxygen atoms in total. The summed E-state index contributed by atoms with van der Waals surface area (Å²) in [5, 5.41) is 0. The second kappa shape index (κ2) is 8.18. The Hall–Kier alpha value is -3.26. The third-order valence-electron chi connectivity index (χ3n) is 3.81. The molecule has 3 aromatic rings. The highest BCUT2D eigenvalue weighted by molar-refractivity contribution is 7.92. The van der Waals surface area contributed by atoms with Crippen molar-refractivity contribution in [1.29, 1.82) is 0 Å². The van der Waals surface area contributed by atoms with E-state index >= 15 is 0 Å². The van der Waals surface area contributed by atoms with Gasteiger partial charge in [0.15, 0.2) is 0 Å². The van der Waals surface area contributed by atoms with Crippen LogP contribution < -0.4 is 9.46 Å². The zero-order chi connectivity index (χ0) is 20.1. The zero-order valence-electron chi connectivity index (χ0n) is 15.7. The molecule has 0 radical (unpaired) electrons. The van der Waals surface area contributed by atoms with Gasteiger partial charge in [-0.15, -0.1) is 0 Å². The SMILES string of the molecule is COc1cccc(C=Nc2ccc(S(=O)(=O)Nc3nc(C)cc(C)n3)cc2)c1. The van der Waals surface area contributed by atoms with E-state index in [2.05, 4.69) is 19.7 Å². The Morgan fingerprint density at radius 1 is 1.00 bits per heavy atom. The second-order valence-electron chi connectivity index (χ2n) is 6.11. The number of anilines is 1. The molecular formula is C20H20N4O3S. The molecule has 0 bridgehead atoms. The minimum Gasteiger partial charge on any atom is -0.497 e. The number of benzene rings is 2. The van der Waals surface area contributed by atoms with Gasteiger partial charge in [-0.05, 0) is 61.9 Å². The third-order valence-corrected chi connectivity index (χ3v) is 5.16. The first-order chi connectivity index (χ1) is 13.4. The van der Waals surface area contributed by atoms with Gasteiger partial charge in [0.2, 0.25) is 5.95 Å². The number of nitrogens with zero attached hydrogens (tertiary/aromatic N) is 3. The molecule has 1 aromatic heterocycles. The van der Waals surface area contributed by atoms with E-state index < -0.39 is 10.0 Å². The van der Waals surface area contributed by atoms with Crippen LogP contribution in [0, 0.1) is 13.8 Å². The summed E-state index contributed by atoms with van der Waals surface area (Å²) in [6.07, 6.45) is 1.69. The number of aromatic nitrogens is 2. The topological polar surface area (TPSA) is 93.5 Å². The van der Waals surface area contributed by atoms with Crippen molar-refractivity contribution in [2.45, 2.75) is 18.7 Å². The molecule has 2 aromatic carbocycles. The number of hydrogen-bond donors (Lipinski definition) is 1. The molecule has 8 heteroatoms. The van der Waals surface area contributed by atoms with E-state index in [9.17, 15) is 8.42 Å². The first-order valence-corrected chi connectivity index (χ1v) is 9.97. The molecule has 0 saturated heterocycles. The van der Waals surface area contributed by atoms with Crippen LogP contribution in [0.4, 0.5) is 11.6 Å². The molecule has 0 amide bonds. The first-order valence-electron chi connectivity index (χ1n) is 8.49. The number of ether oxygens (including phenoxy) is 1. The summed E-state index contributed by atoms with van der Waals surface area (Å²) in [5.74, 6) is 0.794. The van der Waals surface area contributed by atoms with E-state index in [-0.39, 0.29) is 10.8 Å². The molecule has 28 heavy (non-hydrogen) atoms. The third kappa shape index (κ3) is 4.92. The lowest BCUT2D eigenvalue weighted by Gasteiger charge is -2.08. The Morgan fingerprint density at radius 3 is 2.32 bits per heavy atom. The maximum absolute atomic E-state index is 12.5. The Balaban J connectivity index is 1.76. The van der Waals surface area contributed by atoms with E-state index in [1.807, 2.05) is 24.3 Å². The first kappa shape index (κ1) is 19.5. The van der Waals surface area contributed by atoms with Gasteiger partial charge in [0.05, 0.1) is 17.7 Å². The van der Waals surface area contributed by atoms with E-state index in [4.69, 9.17) is 4.74 Å². The number of sulfonamides is 1. The van der Waals surface area contributed by atoms with Gasteiger partial charge in [0.1, 0.15) is 5.75 Å². The van der Waals surface area contributed by atoms with Gasteiger partial charge >= 0.3 is 0 Å². The summed E-state index contributed by atoms with van der Waals surface area (Å²) < 4.78 is 32.7. The second-order valence-corrected chi connectivity index (χ2v) is 7.79. The molecule has 1 heterocycles. The van der Waals surface area contributed by atoms with Crippen LogP contribution in [0.15, 0.2) is 64.5 Å². The predicted molar refractivity (Wildman–Crippen MR) is 109 cm³/mol. The Morgan fingerprint density at radius 2 is 1.68 bits per heavy atom. The lowest BCUT2D eigenvalue weighted by Crippen LogP contribution is -2.15. The van der Waals surface area contributed by atoms with Crippen LogP contribution in [-0.4, -0.2) is 31.7 Å². The highest BCUT2D eigenvalue weighted by atomic mass is 32.2. The fourth-order valence-electron chi connectivity index (χ4n) is 2.53. The fraction of sp³-hybridized carbons (Fsp3) is 0.150. The van der Waals surface area contributed by atoms with Crippen molar-refractivity contribution < 1.29 is 13.2 Å². The van der Waals surface area contributed by atoms with Gasteiger partial charge in [-0.3, -0.25) is 4.99 Å². The molecular weight excluding hydrogens is 376 g/mol. The maximum Gasteiger partial charge on any atom is 0.264 e. The molecule has 0 aliphatic rings. The standard InChI is InChI=1S/C20H20N4O3S/c1-14-11-15(2)23-20(22-14)24-28(25,26)19-9-7-17(8-10-19)21-13-16-5-4-6-18(12-16)27-3/h4-13H,1-3H3,(H,22,23,24). The van der Waals surface area contributed by atoms with Crippen LogP contribution in [0.25, 0.3) is 0 Å². The maximum atomic E-state index is 12.5. The van der Waals surface area contributed by atoms with Gasteiger partial charge in [-0.25, -0.2) is 23.1 Å². The lowest BCUT2D eigenvalue weighted by molar-refractivity contribution is 0.415. The Bertz CT molecular complexity index is 1090. The van der Waals surface area contributed by atoms with Crippen LogP contribution in [0.1, 0.15) is 17.0 Å². The molecule has 0 unspecified atom stereocenters. The van der Waals surface area contributed by atoms with Crippen LogP contribution in [0.3, 0.4) is 0 Å². The minimum atomic E-state index is -3.78. The van der Waals surface area contributed by atoms with Crippen LogP contribution in [-0.2, 0) is 10.0 Å². The van der Waals surface area contributed by atoms with E-state index in [1.165, 1.54) is 12.1 Å². The van der Waals surface area contributed by atoms with Gasteiger partial charge in [-0.1, -0.05) is 12.1 Å². The average molecular weight is 396 g/mol. The summed E-state index contributed by atoms with van der Waals surface area (Å²) in [7, 11) is -2.18. The molecule has 0 atom stereocenters. The summed E-state index contributed by atoms with van der Waals surface area (Å²) in [6, 6.07) is 15.5. The van der Waals surface area contributed by atoms with Crippen molar-refractivity contribution in [1.82, 2.24) is 9.97 Å². The van der Waals surface area contributed by atoms with Gasteiger partial charge in [0, 0.05) is 17.6 Å². The monoisotopic (exact) mass is 396 g/mol. The van der Waals surface area contributed by atoms with Gasteiger partial charge in [0.25, 0.3) is 10.0 Å². The van der Waals surface area contributed by atoms with E-state index in [0.717, 1.165) is 11.3 Å². The Labute approximate surface area is 164 Å². The van der Waals surface area contributed by atoms with Crippen molar-refractivity contribution >= 4 is 27.9 Å². The van der Waals surface area contributed by atoms with Crippen molar-refractivity contribution in [2.75, 3.05) is 11.8 Å². The van der Waals surface area contributed by atoms with Crippen LogP contribution >= 0.6 is 0 Å². The number of aliphatic imine (C=N–C) groups is 1. The van der Waals surface area contributed by atoms with Crippen molar-refractivity contribution in [3.8, 4) is 5.75 Å². The molecule has 3 rings (SSSR count).